The quantitative estimate of drug-likeness (QED) is 0.732. The van der Waals surface area contributed by atoms with E-state index in [-0.39, 0.29) is 0 Å². The Bertz CT molecular complexity index is 787. The molecule has 0 spiro atoms. The normalized spacial score (nSPS) is 10.6. The standard InChI is InChI=1S/C18H17NO3/c1-21-16-8-7-12(9-10-20)18(22-2)17(16)15-11-13-5-3-4-6-14(13)19-15/h3-8,10-11,19H,9H2,1-2H3. The van der Waals surface area contributed by atoms with Gasteiger partial charge in [0.05, 0.1) is 25.5 Å². The number of carbonyl (C=O) groups is 1. The summed E-state index contributed by atoms with van der Waals surface area (Å²) in [5.74, 6) is 1.37. The van der Waals surface area contributed by atoms with E-state index in [1.54, 1.807) is 14.2 Å². The molecule has 22 heavy (non-hydrogen) atoms. The summed E-state index contributed by atoms with van der Waals surface area (Å²) in [6.07, 6.45) is 1.18. The third-order valence-corrected chi connectivity index (χ3v) is 3.73. The van der Waals surface area contributed by atoms with Gasteiger partial charge in [0.2, 0.25) is 0 Å². The van der Waals surface area contributed by atoms with Gasteiger partial charge in [-0.15, -0.1) is 0 Å². The molecule has 1 aromatic heterocycles. The fourth-order valence-corrected chi connectivity index (χ4v) is 2.72. The number of aromatic nitrogens is 1. The highest BCUT2D eigenvalue weighted by atomic mass is 16.5. The van der Waals surface area contributed by atoms with Gasteiger partial charge in [-0.3, -0.25) is 0 Å². The number of carbonyl (C=O) groups excluding carboxylic acids is 1. The minimum absolute atomic E-state index is 0.306. The monoisotopic (exact) mass is 295 g/mol. The molecular formula is C18H17NO3. The van der Waals surface area contributed by atoms with Crippen molar-refractivity contribution in [3.05, 3.63) is 48.0 Å². The van der Waals surface area contributed by atoms with Crippen LogP contribution in [0.4, 0.5) is 0 Å². The largest absolute Gasteiger partial charge is 0.496 e. The lowest BCUT2D eigenvalue weighted by molar-refractivity contribution is -0.107. The highest BCUT2D eigenvalue weighted by Gasteiger charge is 2.18. The van der Waals surface area contributed by atoms with E-state index in [1.807, 2.05) is 36.4 Å². The summed E-state index contributed by atoms with van der Waals surface area (Å²) in [7, 11) is 3.23. The number of aldehydes is 1. The van der Waals surface area contributed by atoms with Gasteiger partial charge in [0.15, 0.2) is 0 Å². The number of benzene rings is 2. The lowest BCUT2D eigenvalue weighted by atomic mass is 10.0. The summed E-state index contributed by atoms with van der Waals surface area (Å²) in [6, 6.07) is 13.8. The third kappa shape index (κ3) is 2.33. The molecular weight excluding hydrogens is 278 g/mol. The number of ether oxygens (including phenoxy) is 2. The van der Waals surface area contributed by atoms with Crippen molar-refractivity contribution >= 4 is 17.2 Å². The van der Waals surface area contributed by atoms with Gasteiger partial charge >= 0.3 is 0 Å². The Morgan fingerprint density at radius 3 is 2.59 bits per heavy atom. The van der Waals surface area contributed by atoms with Crippen molar-refractivity contribution < 1.29 is 14.3 Å². The lowest BCUT2D eigenvalue weighted by Gasteiger charge is -2.15. The molecule has 0 unspecified atom stereocenters. The molecule has 3 aromatic rings. The predicted octanol–water partition coefficient (Wildman–Crippen LogP) is 3.59. The number of rotatable bonds is 5. The zero-order valence-electron chi connectivity index (χ0n) is 12.6. The molecule has 0 aliphatic carbocycles. The third-order valence-electron chi connectivity index (χ3n) is 3.73. The van der Waals surface area contributed by atoms with E-state index in [0.29, 0.717) is 17.9 Å². The molecule has 0 saturated heterocycles. The number of fused-ring (bicyclic) bond motifs is 1. The van der Waals surface area contributed by atoms with Gasteiger partial charge in [0.25, 0.3) is 0 Å². The van der Waals surface area contributed by atoms with Crippen molar-refractivity contribution in [1.29, 1.82) is 0 Å². The molecule has 0 fully saturated rings. The van der Waals surface area contributed by atoms with Crippen molar-refractivity contribution in [2.45, 2.75) is 6.42 Å². The molecule has 2 aromatic carbocycles. The molecule has 0 saturated carbocycles. The molecule has 0 amide bonds. The van der Waals surface area contributed by atoms with Gasteiger partial charge in [-0.05, 0) is 18.2 Å². The maximum atomic E-state index is 10.9. The zero-order chi connectivity index (χ0) is 15.5. The van der Waals surface area contributed by atoms with E-state index in [4.69, 9.17) is 9.47 Å². The van der Waals surface area contributed by atoms with Crippen LogP contribution >= 0.6 is 0 Å². The molecule has 4 nitrogen and oxygen atoms in total. The Balaban J connectivity index is 2.26. The van der Waals surface area contributed by atoms with E-state index in [2.05, 4.69) is 11.1 Å². The van der Waals surface area contributed by atoms with Crippen molar-refractivity contribution in [1.82, 2.24) is 4.98 Å². The summed E-state index contributed by atoms with van der Waals surface area (Å²) in [4.78, 5) is 14.3. The SMILES string of the molecule is COc1ccc(CC=O)c(OC)c1-c1cc2ccccc2[nH]1. The van der Waals surface area contributed by atoms with E-state index in [1.165, 1.54) is 0 Å². The minimum Gasteiger partial charge on any atom is -0.496 e. The second-order valence-electron chi connectivity index (χ2n) is 4.98. The molecule has 1 N–H and O–H groups in total. The molecule has 3 rings (SSSR count). The minimum atomic E-state index is 0.306. The Morgan fingerprint density at radius 2 is 1.91 bits per heavy atom. The Hall–Kier alpha value is -2.75. The average molecular weight is 295 g/mol. The molecule has 0 atom stereocenters. The first kappa shape index (κ1) is 14.2. The van der Waals surface area contributed by atoms with Crippen LogP contribution in [0.25, 0.3) is 22.2 Å². The van der Waals surface area contributed by atoms with Gasteiger partial charge in [0, 0.05) is 22.9 Å². The Labute approximate surface area is 128 Å². The molecule has 0 aliphatic rings. The average Bonchev–Trinajstić information content (AvgIpc) is 2.98. The smallest absolute Gasteiger partial charge is 0.135 e. The van der Waals surface area contributed by atoms with Crippen LogP contribution in [-0.2, 0) is 11.2 Å². The van der Waals surface area contributed by atoms with Gasteiger partial charge in [-0.2, -0.15) is 0 Å². The Kier molecular flexibility index (Phi) is 3.83. The first-order chi connectivity index (χ1) is 10.8. The van der Waals surface area contributed by atoms with Gasteiger partial charge in [-0.1, -0.05) is 24.3 Å². The summed E-state index contributed by atoms with van der Waals surface area (Å²) >= 11 is 0. The van der Waals surface area contributed by atoms with Crippen molar-refractivity contribution in [2.75, 3.05) is 14.2 Å². The topological polar surface area (TPSA) is 51.3 Å². The summed E-state index contributed by atoms with van der Waals surface area (Å²) in [6.45, 7) is 0. The number of hydrogen-bond donors (Lipinski definition) is 1. The van der Waals surface area contributed by atoms with Crippen LogP contribution in [0.5, 0.6) is 11.5 Å². The highest BCUT2D eigenvalue weighted by Crippen LogP contribution is 2.41. The first-order valence-corrected chi connectivity index (χ1v) is 7.04. The second-order valence-corrected chi connectivity index (χ2v) is 4.98. The van der Waals surface area contributed by atoms with E-state index in [0.717, 1.165) is 34.0 Å². The van der Waals surface area contributed by atoms with Crippen molar-refractivity contribution in [2.24, 2.45) is 0 Å². The number of hydrogen-bond acceptors (Lipinski definition) is 3. The zero-order valence-corrected chi connectivity index (χ0v) is 12.6. The highest BCUT2D eigenvalue weighted by molar-refractivity contribution is 5.89. The van der Waals surface area contributed by atoms with E-state index in [9.17, 15) is 4.79 Å². The van der Waals surface area contributed by atoms with Crippen LogP contribution in [0.3, 0.4) is 0 Å². The summed E-state index contributed by atoms with van der Waals surface area (Å²) < 4.78 is 11.0. The Morgan fingerprint density at radius 1 is 1.09 bits per heavy atom. The summed E-state index contributed by atoms with van der Waals surface area (Å²) in [5, 5.41) is 1.11. The van der Waals surface area contributed by atoms with Crippen LogP contribution < -0.4 is 9.47 Å². The lowest BCUT2D eigenvalue weighted by Crippen LogP contribution is -1.99. The number of aromatic amines is 1. The van der Waals surface area contributed by atoms with E-state index >= 15 is 0 Å². The molecule has 0 radical (unpaired) electrons. The molecule has 4 heteroatoms. The van der Waals surface area contributed by atoms with E-state index < -0.39 is 0 Å². The van der Waals surface area contributed by atoms with Crippen molar-refractivity contribution in [3.8, 4) is 22.8 Å². The maximum Gasteiger partial charge on any atom is 0.135 e. The molecule has 112 valence electrons. The molecule has 0 bridgehead atoms. The van der Waals surface area contributed by atoms with Crippen LogP contribution in [0, 0.1) is 0 Å². The van der Waals surface area contributed by atoms with Gasteiger partial charge < -0.3 is 19.3 Å². The van der Waals surface area contributed by atoms with Crippen LogP contribution in [0.15, 0.2) is 42.5 Å². The first-order valence-electron chi connectivity index (χ1n) is 7.04. The number of nitrogens with one attached hydrogen (secondary N) is 1. The summed E-state index contributed by atoms with van der Waals surface area (Å²) in [5.41, 5.74) is 3.62. The van der Waals surface area contributed by atoms with Crippen molar-refractivity contribution in [3.63, 3.8) is 0 Å². The predicted molar refractivity (Wildman–Crippen MR) is 86.6 cm³/mol. The fraction of sp³-hybridized carbons (Fsp3) is 0.167. The van der Waals surface area contributed by atoms with Crippen LogP contribution in [0.1, 0.15) is 5.56 Å². The van der Waals surface area contributed by atoms with Gasteiger partial charge in [-0.25, -0.2) is 0 Å². The number of H-pyrrole nitrogens is 1. The molecule has 0 aliphatic heterocycles. The fourth-order valence-electron chi connectivity index (χ4n) is 2.72. The second kappa shape index (κ2) is 5.93. The van der Waals surface area contributed by atoms with Crippen LogP contribution in [0.2, 0.25) is 0 Å². The van der Waals surface area contributed by atoms with Crippen LogP contribution in [-0.4, -0.2) is 25.5 Å². The van der Waals surface area contributed by atoms with Gasteiger partial charge in [0.1, 0.15) is 17.8 Å². The number of methoxy groups -OCH3 is 2. The maximum absolute atomic E-state index is 10.9. The number of para-hydroxylation sites is 1. The molecule has 1 heterocycles.